The van der Waals surface area contributed by atoms with Gasteiger partial charge in [0, 0.05) is 12.3 Å². The molecule has 2 N–H and O–H groups in total. The molecule has 0 unspecified atom stereocenters. The first-order chi connectivity index (χ1) is 14.0. The van der Waals surface area contributed by atoms with Crippen molar-refractivity contribution in [1.29, 1.82) is 0 Å². The molecule has 0 aliphatic rings. The molecule has 0 radical (unpaired) electrons. The van der Waals surface area contributed by atoms with Gasteiger partial charge in [-0.3, -0.25) is 14.8 Å². The van der Waals surface area contributed by atoms with Gasteiger partial charge in [0.05, 0.1) is 32.7 Å². The van der Waals surface area contributed by atoms with E-state index in [0.29, 0.717) is 22.9 Å². The van der Waals surface area contributed by atoms with Crippen molar-refractivity contribution >= 4 is 11.9 Å². The van der Waals surface area contributed by atoms with Gasteiger partial charge >= 0.3 is 5.69 Å². The Labute approximate surface area is 165 Å². The monoisotopic (exact) mass is 397 g/mol. The number of ether oxygens (including phenoxy) is 3. The van der Waals surface area contributed by atoms with E-state index in [9.17, 15) is 14.7 Å². The van der Waals surface area contributed by atoms with Gasteiger partial charge in [0.25, 0.3) is 5.56 Å². The smallest absolute Gasteiger partial charge is 0.335 e. The van der Waals surface area contributed by atoms with Crippen LogP contribution in [0.3, 0.4) is 0 Å². The molecule has 0 fully saturated rings. The first-order valence-electron chi connectivity index (χ1n) is 8.47. The van der Waals surface area contributed by atoms with Crippen molar-refractivity contribution in [3.05, 3.63) is 68.9 Å². The zero-order chi connectivity index (χ0) is 21.0. The lowest BCUT2D eigenvalue weighted by Gasteiger charge is -2.14. The maximum atomic E-state index is 12.4. The van der Waals surface area contributed by atoms with E-state index in [1.54, 1.807) is 43.5 Å². The third-order valence-electron chi connectivity index (χ3n) is 4.16. The van der Waals surface area contributed by atoms with Crippen molar-refractivity contribution in [2.45, 2.75) is 0 Å². The Balaban J connectivity index is 2.13. The molecule has 0 saturated heterocycles. The van der Waals surface area contributed by atoms with Crippen LogP contribution in [-0.2, 0) is 0 Å². The molecule has 0 spiro atoms. The highest BCUT2D eigenvalue weighted by Crippen LogP contribution is 2.29. The van der Waals surface area contributed by atoms with Crippen LogP contribution in [0.15, 0.2) is 57.0 Å². The molecule has 0 aliphatic heterocycles. The summed E-state index contributed by atoms with van der Waals surface area (Å²) in [5.41, 5.74) is -1.07. The first-order valence-corrected chi connectivity index (χ1v) is 8.47. The van der Waals surface area contributed by atoms with E-state index in [1.807, 2.05) is 0 Å². The lowest BCUT2D eigenvalue weighted by molar-refractivity contribution is 0.393. The number of rotatable bonds is 6. The summed E-state index contributed by atoms with van der Waals surface area (Å²) in [4.78, 5) is 31.0. The number of nitrogens with zero attached hydrogens (tertiary/aromatic N) is 2. The quantitative estimate of drug-likeness (QED) is 0.615. The molecule has 0 bridgehead atoms. The average molecular weight is 397 g/mol. The molecule has 3 aromatic rings. The zero-order valence-electron chi connectivity index (χ0n) is 16.0. The Hall–Kier alpha value is -4.01. The Morgan fingerprint density at radius 2 is 1.62 bits per heavy atom. The van der Waals surface area contributed by atoms with Gasteiger partial charge in [-0.25, -0.2) is 9.36 Å². The molecule has 9 heteroatoms. The number of nitrogens with one attached hydrogen (secondary N) is 1. The summed E-state index contributed by atoms with van der Waals surface area (Å²) in [6.45, 7) is 0. The summed E-state index contributed by atoms with van der Waals surface area (Å²) >= 11 is 0. The van der Waals surface area contributed by atoms with Crippen LogP contribution < -0.4 is 25.5 Å². The van der Waals surface area contributed by atoms with Gasteiger partial charge < -0.3 is 19.3 Å². The maximum absolute atomic E-state index is 12.4. The van der Waals surface area contributed by atoms with Crippen LogP contribution in [0.5, 0.6) is 23.1 Å². The predicted molar refractivity (Wildman–Crippen MR) is 108 cm³/mol. The number of hydrogen-bond donors (Lipinski definition) is 2. The van der Waals surface area contributed by atoms with E-state index in [0.717, 1.165) is 4.57 Å². The molecule has 9 nitrogen and oxygen atoms in total. The van der Waals surface area contributed by atoms with E-state index >= 15 is 0 Å². The first kappa shape index (κ1) is 19.7. The van der Waals surface area contributed by atoms with E-state index in [-0.39, 0.29) is 11.3 Å². The van der Waals surface area contributed by atoms with Gasteiger partial charge in [-0.15, -0.1) is 0 Å². The van der Waals surface area contributed by atoms with Crippen molar-refractivity contribution in [2.75, 3.05) is 21.3 Å². The molecule has 0 aliphatic carbocycles. The third kappa shape index (κ3) is 3.98. The largest absolute Gasteiger partial charge is 0.497 e. The average Bonchev–Trinajstić information content (AvgIpc) is 2.73. The molecule has 150 valence electrons. The van der Waals surface area contributed by atoms with Gasteiger partial charge in [0.2, 0.25) is 5.88 Å². The second-order valence-corrected chi connectivity index (χ2v) is 5.83. The lowest BCUT2D eigenvalue weighted by atomic mass is 10.2. The van der Waals surface area contributed by atoms with Crippen LogP contribution in [0.1, 0.15) is 5.56 Å². The Bertz CT molecular complexity index is 1160. The summed E-state index contributed by atoms with van der Waals surface area (Å²) < 4.78 is 16.4. The van der Waals surface area contributed by atoms with Crippen LogP contribution in [0, 0.1) is 0 Å². The van der Waals surface area contributed by atoms with E-state index in [4.69, 9.17) is 14.2 Å². The van der Waals surface area contributed by atoms with E-state index in [2.05, 4.69) is 9.98 Å². The summed E-state index contributed by atoms with van der Waals surface area (Å²) in [6.07, 6.45) is 1.18. The second kappa shape index (κ2) is 8.34. The lowest BCUT2D eigenvalue weighted by Crippen LogP contribution is -2.31. The van der Waals surface area contributed by atoms with Crippen molar-refractivity contribution in [3.8, 4) is 28.8 Å². The highest BCUT2D eigenvalue weighted by molar-refractivity contribution is 5.84. The number of benzene rings is 2. The van der Waals surface area contributed by atoms with Gasteiger partial charge in [-0.1, -0.05) is 0 Å². The van der Waals surface area contributed by atoms with Crippen molar-refractivity contribution in [3.63, 3.8) is 0 Å². The second-order valence-electron chi connectivity index (χ2n) is 5.83. The molecule has 1 heterocycles. The molecule has 0 amide bonds. The normalized spacial score (nSPS) is 10.9. The molecule has 3 rings (SSSR count). The SMILES string of the molecule is COc1ccc(N=Cc2c(O)n(-c3cc(OC)ccc3OC)c(=O)[nH]c2=O)cc1. The number of aromatic hydroxyl groups is 1. The summed E-state index contributed by atoms with van der Waals surface area (Å²) in [7, 11) is 4.44. The van der Waals surface area contributed by atoms with Gasteiger partial charge in [-0.2, -0.15) is 0 Å². The molecule has 0 saturated carbocycles. The summed E-state index contributed by atoms with van der Waals surface area (Å²) in [5.74, 6) is 0.811. The van der Waals surface area contributed by atoms with Gasteiger partial charge in [0.1, 0.15) is 22.8 Å². The number of hydrogen-bond acceptors (Lipinski definition) is 7. The summed E-state index contributed by atoms with van der Waals surface area (Å²) in [6, 6.07) is 11.5. The molecular weight excluding hydrogens is 378 g/mol. The van der Waals surface area contributed by atoms with Gasteiger partial charge in [-0.05, 0) is 36.4 Å². The predicted octanol–water partition coefficient (Wildman–Crippen LogP) is 2.01. The van der Waals surface area contributed by atoms with Crippen LogP contribution in [0.25, 0.3) is 5.69 Å². The van der Waals surface area contributed by atoms with Crippen LogP contribution in [-0.4, -0.2) is 42.2 Å². The molecular formula is C20H19N3O6. The van der Waals surface area contributed by atoms with E-state index < -0.39 is 17.1 Å². The minimum absolute atomic E-state index is 0.190. The van der Waals surface area contributed by atoms with Gasteiger partial charge in [0.15, 0.2) is 0 Å². The van der Waals surface area contributed by atoms with Crippen LogP contribution >= 0.6 is 0 Å². The Kier molecular flexibility index (Phi) is 5.68. The highest BCUT2D eigenvalue weighted by atomic mass is 16.5. The fraction of sp³-hybridized carbons (Fsp3) is 0.150. The Morgan fingerprint density at radius 3 is 2.24 bits per heavy atom. The standard InChI is InChI=1S/C20H19N3O6/c1-27-13-6-4-12(5-7-13)21-11-15-18(24)22-20(26)23(19(15)25)16-10-14(28-2)8-9-17(16)29-3/h4-11,25H,1-3H3,(H,22,24,26). The van der Waals surface area contributed by atoms with Crippen LogP contribution in [0.4, 0.5) is 5.69 Å². The minimum Gasteiger partial charge on any atom is -0.497 e. The van der Waals surface area contributed by atoms with Crippen molar-refractivity contribution in [2.24, 2.45) is 4.99 Å². The number of methoxy groups -OCH3 is 3. The number of aliphatic imine (C=N–C) groups is 1. The molecule has 1 aromatic heterocycles. The number of aromatic amines is 1. The van der Waals surface area contributed by atoms with E-state index in [1.165, 1.54) is 26.5 Å². The fourth-order valence-electron chi connectivity index (χ4n) is 2.66. The van der Waals surface area contributed by atoms with Crippen molar-refractivity contribution in [1.82, 2.24) is 9.55 Å². The molecule has 29 heavy (non-hydrogen) atoms. The Morgan fingerprint density at radius 1 is 0.966 bits per heavy atom. The number of aromatic nitrogens is 2. The molecule has 2 aromatic carbocycles. The highest BCUT2D eigenvalue weighted by Gasteiger charge is 2.18. The van der Waals surface area contributed by atoms with Crippen LogP contribution in [0.2, 0.25) is 0 Å². The third-order valence-corrected chi connectivity index (χ3v) is 4.16. The number of H-pyrrole nitrogens is 1. The zero-order valence-corrected chi connectivity index (χ0v) is 16.0. The topological polar surface area (TPSA) is 115 Å². The molecule has 0 atom stereocenters. The summed E-state index contributed by atoms with van der Waals surface area (Å²) in [5, 5.41) is 10.7. The maximum Gasteiger partial charge on any atom is 0.335 e. The fourth-order valence-corrected chi connectivity index (χ4v) is 2.66. The van der Waals surface area contributed by atoms with Crippen molar-refractivity contribution < 1.29 is 19.3 Å². The minimum atomic E-state index is -0.833.